The fourth-order valence-corrected chi connectivity index (χ4v) is 4.93. The average Bonchev–Trinajstić information content (AvgIpc) is 3.32. The summed E-state index contributed by atoms with van der Waals surface area (Å²) in [5.41, 5.74) is 10.2. The second-order valence-electron chi connectivity index (χ2n) is 10.3. The van der Waals surface area contributed by atoms with Crippen LogP contribution in [0, 0.1) is 6.92 Å². The van der Waals surface area contributed by atoms with E-state index in [0.717, 1.165) is 66.9 Å². The smallest absolute Gasteiger partial charge is 0.256 e. The number of hydrogen-bond acceptors (Lipinski definition) is 8. The first-order chi connectivity index (χ1) is 18.9. The normalized spacial score (nSPS) is 16.4. The van der Waals surface area contributed by atoms with Crippen molar-refractivity contribution in [2.24, 2.45) is 0 Å². The molecule has 3 aromatic heterocycles. The van der Waals surface area contributed by atoms with Crippen LogP contribution in [-0.2, 0) is 0 Å². The van der Waals surface area contributed by atoms with Crippen LogP contribution < -0.4 is 11.1 Å². The lowest BCUT2D eigenvalue weighted by Crippen LogP contribution is -2.37. The fraction of sp³-hybridized carbons (Fsp3) is 0.345. The number of aryl methyl sites for hydroxylation is 1. The summed E-state index contributed by atoms with van der Waals surface area (Å²) < 4.78 is 2.02. The molecule has 3 N–H and O–H groups in total. The monoisotopic (exact) mass is 525 g/mol. The van der Waals surface area contributed by atoms with Gasteiger partial charge in [0.15, 0.2) is 5.65 Å². The lowest BCUT2D eigenvalue weighted by molar-refractivity contribution is 0.102. The first-order valence-corrected chi connectivity index (χ1v) is 13.2. The van der Waals surface area contributed by atoms with Gasteiger partial charge >= 0.3 is 0 Å². The molecule has 39 heavy (non-hydrogen) atoms. The largest absolute Gasteiger partial charge is 0.383 e. The van der Waals surface area contributed by atoms with E-state index in [9.17, 15) is 4.79 Å². The second-order valence-corrected chi connectivity index (χ2v) is 10.3. The number of likely N-dealkylation sites (N-methyl/N-ethyl adjacent to an activating group) is 1. The van der Waals surface area contributed by atoms with Gasteiger partial charge in [-0.1, -0.05) is 24.3 Å². The molecule has 10 nitrogen and oxygen atoms in total. The van der Waals surface area contributed by atoms with E-state index in [0.29, 0.717) is 17.2 Å². The van der Waals surface area contributed by atoms with Gasteiger partial charge in [0.05, 0.1) is 11.4 Å². The number of carbonyl (C=O) groups excluding carboxylic acids is 1. The van der Waals surface area contributed by atoms with Crippen LogP contribution in [-0.4, -0.2) is 80.7 Å². The molecular weight excluding hydrogens is 490 g/mol. The molecule has 1 amide bonds. The molecule has 1 unspecified atom stereocenters. The Hall–Kier alpha value is -4.15. The van der Waals surface area contributed by atoms with Crippen molar-refractivity contribution >= 4 is 28.6 Å². The molecule has 1 aromatic carbocycles. The number of rotatable bonds is 8. The van der Waals surface area contributed by atoms with E-state index >= 15 is 0 Å². The van der Waals surface area contributed by atoms with Gasteiger partial charge in [0.1, 0.15) is 23.7 Å². The fourth-order valence-electron chi connectivity index (χ4n) is 4.93. The number of nitrogens with two attached hydrogens (primary N) is 1. The summed E-state index contributed by atoms with van der Waals surface area (Å²) in [6.45, 7) is 5.75. The highest BCUT2D eigenvalue weighted by atomic mass is 16.1. The number of fused-ring (bicyclic) bond motifs is 1. The molecule has 0 aliphatic carbocycles. The molecule has 1 fully saturated rings. The third kappa shape index (κ3) is 6.13. The van der Waals surface area contributed by atoms with E-state index in [1.807, 2.05) is 35.9 Å². The summed E-state index contributed by atoms with van der Waals surface area (Å²) in [6.07, 6.45) is 9.72. The minimum Gasteiger partial charge on any atom is -0.383 e. The highest BCUT2D eigenvalue weighted by Gasteiger charge is 2.26. The van der Waals surface area contributed by atoms with E-state index in [2.05, 4.69) is 56.3 Å². The number of hydrogen-bond donors (Lipinski definition) is 2. The maximum Gasteiger partial charge on any atom is 0.256 e. The lowest BCUT2D eigenvalue weighted by Gasteiger charge is -2.32. The Bertz CT molecular complexity index is 1480. The van der Waals surface area contributed by atoms with Crippen LogP contribution in [0.4, 0.5) is 11.6 Å². The van der Waals surface area contributed by atoms with Crippen molar-refractivity contribution in [1.29, 1.82) is 0 Å². The zero-order valence-electron chi connectivity index (χ0n) is 22.7. The van der Waals surface area contributed by atoms with Crippen LogP contribution in [0.1, 0.15) is 34.8 Å². The molecule has 0 saturated carbocycles. The Morgan fingerprint density at radius 2 is 1.97 bits per heavy atom. The van der Waals surface area contributed by atoms with Gasteiger partial charge in [-0.25, -0.2) is 19.6 Å². The number of nitrogens with one attached hydrogen (secondary N) is 1. The molecule has 1 atom stereocenters. The maximum absolute atomic E-state index is 12.8. The van der Waals surface area contributed by atoms with Crippen LogP contribution in [0.5, 0.6) is 0 Å². The summed E-state index contributed by atoms with van der Waals surface area (Å²) >= 11 is 0. The Labute approximate surface area is 228 Å². The van der Waals surface area contributed by atoms with Crippen molar-refractivity contribution in [2.45, 2.75) is 25.8 Å². The van der Waals surface area contributed by atoms with Gasteiger partial charge in [0.25, 0.3) is 5.91 Å². The predicted octanol–water partition coefficient (Wildman–Crippen LogP) is 3.79. The van der Waals surface area contributed by atoms with Gasteiger partial charge in [-0.15, -0.1) is 0 Å². The number of nitrogens with zero attached hydrogens (tertiary/aromatic N) is 7. The number of amides is 1. The molecule has 1 aliphatic rings. The zero-order valence-corrected chi connectivity index (χ0v) is 22.7. The molecule has 0 bridgehead atoms. The van der Waals surface area contributed by atoms with Crippen molar-refractivity contribution < 1.29 is 4.79 Å². The summed E-state index contributed by atoms with van der Waals surface area (Å²) in [6, 6.07) is 11.2. The molecule has 202 valence electrons. The van der Waals surface area contributed by atoms with Crippen molar-refractivity contribution in [3.63, 3.8) is 0 Å². The average molecular weight is 526 g/mol. The van der Waals surface area contributed by atoms with Crippen molar-refractivity contribution in [3.8, 4) is 11.3 Å². The first-order valence-electron chi connectivity index (χ1n) is 13.2. The van der Waals surface area contributed by atoms with Gasteiger partial charge in [-0.2, -0.15) is 5.10 Å². The SMILES string of the molecule is Cc1ccnc(NC(=O)c2ccc(-c3nn(C4CCCN(CC=CCN(C)C)C4)c4ncnc(N)c34)cc2)c1. The summed E-state index contributed by atoms with van der Waals surface area (Å²) in [7, 11) is 4.14. The first kappa shape index (κ1) is 26.5. The third-order valence-corrected chi connectivity index (χ3v) is 6.92. The number of anilines is 2. The number of aromatic nitrogens is 5. The van der Waals surface area contributed by atoms with Crippen LogP contribution in [0.25, 0.3) is 22.3 Å². The van der Waals surface area contributed by atoms with Crippen LogP contribution >= 0.6 is 0 Å². The Morgan fingerprint density at radius 1 is 1.15 bits per heavy atom. The van der Waals surface area contributed by atoms with Crippen LogP contribution in [0.3, 0.4) is 0 Å². The molecule has 4 aromatic rings. The molecule has 0 radical (unpaired) electrons. The minimum absolute atomic E-state index is 0.179. The molecule has 5 rings (SSSR count). The molecule has 1 aliphatic heterocycles. The Balaban J connectivity index is 1.38. The second kappa shape index (κ2) is 11.7. The predicted molar refractivity (Wildman–Crippen MR) is 155 cm³/mol. The van der Waals surface area contributed by atoms with E-state index in [4.69, 9.17) is 10.8 Å². The lowest BCUT2D eigenvalue weighted by atomic mass is 10.1. The molecule has 1 saturated heterocycles. The van der Waals surface area contributed by atoms with Crippen molar-refractivity contribution in [3.05, 3.63) is 72.2 Å². The van der Waals surface area contributed by atoms with E-state index in [1.165, 1.54) is 6.33 Å². The van der Waals surface area contributed by atoms with E-state index in [-0.39, 0.29) is 11.9 Å². The quantitative estimate of drug-likeness (QED) is 0.334. The van der Waals surface area contributed by atoms with Gasteiger partial charge in [0.2, 0.25) is 0 Å². The van der Waals surface area contributed by atoms with Crippen LogP contribution in [0.2, 0.25) is 0 Å². The Kier molecular flexibility index (Phi) is 7.94. The standard InChI is InChI=1S/C29H35N9O/c1-20-12-13-31-24(17-20)34-29(39)22-10-8-21(9-11-22)26-25-27(30)32-19-33-28(25)38(35-26)23-7-6-16-37(18-23)15-5-4-14-36(2)3/h4-5,8-13,17,19,23H,6-7,14-16,18H2,1-3H3,(H2,30,32,33)(H,31,34,39). The molecule has 10 heteroatoms. The number of benzene rings is 1. The van der Waals surface area contributed by atoms with Gasteiger partial charge in [0, 0.05) is 37.0 Å². The molecular formula is C29H35N9O. The molecule has 0 spiro atoms. The topological polar surface area (TPSA) is 118 Å². The van der Waals surface area contributed by atoms with Gasteiger partial charge < -0.3 is 16.0 Å². The summed E-state index contributed by atoms with van der Waals surface area (Å²) in [5, 5.41) is 8.61. The number of likely N-dealkylation sites (tertiary alicyclic amines) is 1. The number of piperidine rings is 1. The van der Waals surface area contributed by atoms with Crippen molar-refractivity contribution in [2.75, 3.05) is 51.3 Å². The van der Waals surface area contributed by atoms with Gasteiger partial charge in [-0.3, -0.25) is 9.69 Å². The van der Waals surface area contributed by atoms with Crippen LogP contribution in [0.15, 0.2) is 61.1 Å². The highest BCUT2D eigenvalue weighted by molar-refractivity contribution is 6.04. The summed E-state index contributed by atoms with van der Waals surface area (Å²) in [5.74, 6) is 0.696. The number of nitrogen functional groups attached to an aromatic ring is 1. The minimum atomic E-state index is -0.222. The Morgan fingerprint density at radius 3 is 2.74 bits per heavy atom. The van der Waals surface area contributed by atoms with E-state index in [1.54, 1.807) is 18.3 Å². The highest BCUT2D eigenvalue weighted by Crippen LogP contribution is 2.33. The van der Waals surface area contributed by atoms with Crippen molar-refractivity contribution in [1.82, 2.24) is 34.5 Å². The molecule has 4 heterocycles. The number of pyridine rings is 1. The zero-order chi connectivity index (χ0) is 27.4. The van der Waals surface area contributed by atoms with E-state index < -0.39 is 0 Å². The van der Waals surface area contributed by atoms with Gasteiger partial charge in [-0.05, 0) is 70.2 Å². The third-order valence-electron chi connectivity index (χ3n) is 6.92. The maximum atomic E-state index is 12.8. The number of carbonyl (C=O) groups is 1. The summed E-state index contributed by atoms with van der Waals surface area (Å²) in [4.78, 5) is 30.4.